The summed E-state index contributed by atoms with van der Waals surface area (Å²) in [7, 11) is 0. The molecule has 0 aromatic heterocycles. The molecule has 2 nitrogen and oxygen atoms in total. The zero-order valence-corrected chi connectivity index (χ0v) is 12.2. The van der Waals surface area contributed by atoms with E-state index in [0.29, 0.717) is 5.92 Å². The van der Waals surface area contributed by atoms with Gasteiger partial charge in [0.15, 0.2) is 0 Å². The Balaban J connectivity index is 4.57. The highest BCUT2D eigenvalue weighted by atomic mass is 16.2. The normalized spacial score (nSPS) is 14.8. The monoisotopic (exact) mass is 239 g/mol. The fraction of sp³-hybridized carbons (Fsp3) is 0.800. The molecule has 0 fully saturated rings. The number of allylic oxidation sites excluding steroid dienone is 1. The summed E-state index contributed by atoms with van der Waals surface area (Å²) in [6.45, 7) is 14.2. The number of carbonyl (C=O) groups excluding carboxylic acids is 1. The zero-order chi connectivity index (χ0) is 13.5. The van der Waals surface area contributed by atoms with Crippen LogP contribution in [0.15, 0.2) is 12.7 Å². The summed E-state index contributed by atoms with van der Waals surface area (Å²) >= 11 is 0. The highest BCUT2D eigenvalue weighted by Gasteiger charge is 2.33. The highest BCUT2D eigenvalue weighted by molar-refractivity contribution is 5.82. The first-order chi connectivity index (χ1) is 7.81. The van der Waals surface area contributed by atoms with Crippen LogP contribution in [0.25, 0.3) is 0 Å². The van der Waals surface area contributed by atoms with Gasteiger partial charge in [-0.3, -0.25) is 4.79 Å². The SMILES string of the molecule is C=CCCC[C@](C)(CC(C)C)C(=O)NC(C)C. The lowest BCUT2D eigenvalue weighted by atomic mass is 9.77. The van der Waals surface area contributed by atoms with Crippen LogP contribution in [0.3, 0.4) is 0 Å². The van der Waals surface area contributed by atoms with Crippen LogP contribution in [0.2, 0.25) is 0 Å². The molecule has 0 bridgehead atoms. The van der Waals surface area contributed by atoms with E-state index < -0.39 is 0 Å². The summed E-state index contributed by atoms with van der Waals surface area (Å²) in [6.07, 6.45) is 5.84. The Hall–Kier alpha value is -0.790. The second kappa shape index (κ2) is 7.52. The molecule has 0 aliphatic heterocycles. The lowest BCUT2D eigenvalue weighted by Gasteiger charge is -2.31. The molecule has 100 valence electrons. The Bertz CT molecular complexity index is 245. The van der Waals surface area contributed by atoms with Crippen molar-refractivity contribution in [1.82, 2.24) is 5.32 Å². The second-order valence-corrected chi connectivity index (χ2v) is 5.97. The minimum atomic E-state index is -0.235. The summed E-state index contributed by atoms with van der Waals surface area (Å²) in [5, 5.41) is 3.05. The van der Waals surface area contributed by atoms with Gasteiger partial charge in [0.25, 0.3) is 0 Å². The number of hydrogen-bond acceptors (Lipinski definition) is 1. The molecule has 0 radical (unpaired) electrons. The smallest absolute Gasteiger partial charge is 0.226 e. The van der Waals surface area contributed by atoms with Crippen LogP contribution in [0.5, 0.6) is 0 Å². The van der Waals surface area contributed by atoms with Crippen molar-refractivity contribution in [2.45, 2.75) is 66.3 Å². The van der Waals surface area contributed by atoms with Gasteiger partial charge in [-0.1, -0.05) is 26.8 Å². The standard InChI is InChI=1S/C15H29NO/c1-7-8-9-10-15(6,11-12(2)3)14(17)16-13(4)5/h7,12-13H,1,8-11H2,2-6H3,(H,16,17)/t15-/m1/s1. The Labute approximate surface area is 107 Å². The molecule has 0 aliphatic carbocycles. The van der Waals surface area contributed by atoms with Gasteiger partial charge in [-0.25, -0.2) is 0 Å². The van der Waals surface area contributed by atoms with Crippen LogP contribution in [0, 0.1) is 11.3 Å². The maximum Gasteiger partial charge on any atom is 0.226 e. The summed E-state index contributed by atoms with van der Waals surface area (Å²) in [5.41, 5.74) is -0.235. The first-order valence-corrected chi connectivity index (χ1v) is 6.73. The van der Waals surface area contributed by atoms with E-state index in [2.05, 4.69) is 32.7 Å². The van der Waals surface area contributed by atoms with Gasteiger partial charge in [0.05, 0.1) is 0 Å². The third-order valence-electron chi connectivity index (χ3n) is 2.96. The summed E-state index contributed by atoms with van der Waals surface area (Å²) in [6, 6.07) is 0.216. The average Bonchev–Trinajstić information content (AvgIpc) is 2.15. The maximum atomic E-state index is 12.3. The minimum Gasteiger partial charge on any atom is -0.353 e. The van der Waals surface area contributed by atoms with E-state index in [1.54, 1.807) is 0 Å². The Morgan fingerprint density at radius 1 is 1.35 bits per heavy atom. The minimum absolute atomic E-state index is 0.199. The van der Waals surface area contributed by atoms with Gasteiger partial charge in [0.2, 0.25) is 5.91 Å². The van der Waals surface area contributed by atoms with E-state index in [9.17, 15) is 4.79 Å². The van der Waals surface area contributed by atoms with Crippen LogP contribution in [0.4, 0.5) is 0 Å². The van der Waals surface area contributed by atoms with Gasteiger partial charge in [0, 0.05) is 11.5 Å². The number of unbranched alkanes of at least 4 members (excludes halogenated alkanes) is 1. The molecule has 2 heteroatoms. The molecule has 0 aromatic rings. The highest BCUT2D eigenvalue weighted by Crippen LogP contribution is 2.32. The molecule has 0 unspecified atom stereocenters. The van der Waals surface area contributed by atoms with Gasteiger partial charge >= 0.3 is 0 Å². The molecule has 1 N–H and O–H groups in total. The second-order valence-electron chi connectivity index (χ2n) is 5.97. The van der Waals surface area contributed by atoms with Gasteiger partial charge < -0.3 is 5.32 Å². The molecular weight excluding hydrogens is 210 g/mol. The maximum absolute atomic E-state index is 12.3. The predicted octanol–water partition coefficient (Wildman–Crippen LogP) is 3.92. The first-order valence-electron chi connectivity index (χ1n) is 6.73. The van der Waals surface area contributed by atoms with Crippen molar-refractivity contribution < 1.29 is 4.79 Å². The van der Waals surface area contributed by atoms with Crippen molar-refractivity contribution in [2.24, 2.45) is 11.3 Å². The number of rotatable bonds is 8. The molecule has 0 saturated heterocycles. The third kappa shape index (κ3) is 6.50. The topological polar surface area (TPSA) is 29.1 Å². The molecule has 0 heterocycles. The Kier molecular flexibility index (Phi) is 7.17. The van der Waals surface area contributed by atoms with Crippen molar-refractivity contribution in [1.29, 1.82) is 0 Å². The number of amides is 1. The van der Waals surface area contributed by atoms with Crippen LogP contribution < -0.4 is 5.32 Å². The molecule has 1 atom stereocenters. The van der Waals surface area contributed by atoms with E-state index in [-0.39, 0.29) is 17.4 Å². The molecular formula is C15H29NO. The van der Waals surface area contributed by atoms with E-state index in [0.717, 1.165) is 25.7 Å². The largest absolute Gasteiger partial charge is 0.353 e. The lowest BCUT2D eigenvalue weighted by molar-refractivity contribution is -0.132. The predicted molar refractivity (Wildman–Crippen MR) is 74.9 cm³/mol. The van der Waals surface area contributed by atoms with Crippen molar-refractivity contribution in [3.63, 3.8) is 0 Å². The summed E-state index contributed by atoms with van der Waals surface area (Å²) < 4.78 is 0. The van der Waals surface area contributed by atoms with Crippen molar-refractivity contribution in [2.75, 3.05) is 0 Å². The van der Waals surface area contributed by atoms with E-state index in [1.807, 2.05) is 19.9 Å². The Morgan fingerprint density at radius 3 is 2.35 bits per heavy atom. The molecule has 0 rings (SSSR count). The molecule has 0 aromatic carbocycles. The molecule has 17 heavy (non-hydrogen) atoms. The van der Waals surface area contributed by atoms with Gasteiger partial charge in [-0.2, -0.15) is 0 Å². The van der Waals surface area contributed by atoms with Crippen LogP contribution in [0.1, 0.15) is 60.3 Å². The zero-order valence-electron chi connectivity index (χ0n) is 12.2. The number of hydrogen-bond donors (Lipinski definition) is 1. The van der Waals surface area contributed by atoms with Crippen LogP contribution in [-0.2, 0) is 4.79 Å². The molecule has 0 aliphatic rings. The van der Waals surface area contributed by atoms with Gasteiger partial charge in [-0.15, -0.1) is 6.58 Å². The van der Waals surface area contributed by atoms with E-state index in [4.69, 9.17) is 0 Å². The average molecular weight is 239 g/mol. The fourth-order valence-electron chi connectivity index (χ4n) is 2.28. The molecule has 0 saturated carbocycles. The van der Waals surface area contributed by atoms with E-state index in [1.165, 1.54) is 0 Å². The van der Waals surface area contributed by atoms with Crippen molar-refractivity contribution in [3.05, 3.63) is 12.7 Å². The van der Waals surface area contributed by atoms with Gasteiger partial charge in [-0.05, 0) is 45.4 Å². The Morgan fingerprint density at radius 2 is 1.94 bits per heavy atom. The number of carbonyl (C=O) groups is 1. The van der Waals surface area contributed by atoms with E-state index >= 15 is 0 Å². The quantitative estimate of drug-likeness (QED) is 0.505. The summed E-state index contributed by atoms with van der Waals surface area (Å²) in [4.78, 5) is 12.3. The lowest BCUT2D eigenvalue weighted by Crippen LogP contribution is -2.43. The fourth-order valence-corrected chi connectivity index (χ4v) is 2.28. The number of nitrogens with one attached hydrogen (secondary N) is 1. The van der Waals surface area contributed by atoms with Crippen molar-refractivity contribution in [3.8, 4) is 0 Å². The van der Waals surface area contributed by atoms with Gasteiger partial charge in [0.1, 0.15) is 0 Å². The third-order valence-corrected chi connectivity index (χ3v) is 2.96. The first kappa shape index (κ1) is 16.2. The summed E-state index contributed by atoms with van der Waals surface area (Å²) in [5.74, 6) is 0.743. The van der Waals surface area contributed by atoms with Crippen molar-refractivity contribution >= 4 is 5.91 Å². The van der Waals surface area contributed by atoms with Crippen LogP contribution >= 0.6 is 0 Å². The molecule has 0 spiro atoms. The van der Waals surface area contributed by atoms with Crippen LogP contribution in [-0.4, -0.2) is 11.9 Å². The molecule has 1 amide bonds.